The smallest absolute Gasteiger partial charge is 0.00923 e. The number of hydrogen-bond acceptors (Lipinski definition) is 0. The molecular weight excluding hydrogens is 577 g/mol. The summed E-state index contributed by atoms with van der Waals surface area (Å²) in [5, 5.41) is 9.50. The van der Waals surface area contributed by atoms with Gasteiger partial charge in [-0.1, -0.05) is 160 Å². The van der Waals surface area contributed by atoms with Crippen molar-refractivity contribution in [1.29, 1.82) is 0 Å². The Kier molecular flexibility index (Phi) is 7.20. The highest BCUT2D eigenvalue weighted by atomic mass is 14.2. The van der Waals surface area contributed by atoms with E-state index in [0.29, 0.717) is 0 Å². The van der Waals surface area contributed by atoms with Gasteiger partial charge < -0.3 is 0 Å². The molecule has 0 aromatic heterocycles. The van der Waals surface area contributed by atoms with Crippen LogP contribution < -0.4 is 0 Å². The lowest BCUT2D eigenvalue weighted by atomic mass is 9.82. The second-order valence-electron chi connectivity index (χ2n) is 12.2. The van der Waals surface area contributed by atoms with E-state index in [0.717, 1.165) is 49.5 Å². The van der Waals surface area contributed by atoms with Gasteiger partial charge in [0.1, 0.15) is 0 Å². The zero-order valence-electron chi connectivity index (χ0n) is 26.8. The summed E-state index contributed by atoms with van der Waals surface area (Å²) in [6.45, 7) is 17.1. The van der Waals surface area contributed by atoms with Crippen molar-refractivity contribution in [2.75, 3.05) is 0 Å². The van der Waals surface area contributed by atoms with E-state index < -0.39 is 0 Å². The van der Waals surface area contributed by atoms with Gasteiger partial charge in [-0.3, -0.25) is 0 Å². The fourth-order valence-electron chi connectivity index (χ4n) is 7.55. The molecule has 0 heteroatoms. The lowest BCUT2D eigenvalue weighted by molar-refractivity contribution is 1.59. The van der Waals surface area contributed by atoms with Crippen molar-refractivity contribution in [1.82, 2.24) is 0 Å². The van der Waals surface area contributed by atoms with Crippen LogP contribution in [0.15, 0.2) is 160 Å². The summed E-state index contributed by atoms with van der Waals surface area (Å²) in [6, 6.07) is 48.2. The molecule has 0 atom stereocenters. The number of rotatable bonds is 7. The van der Waals surface area contributed by atoms with Crippen LogP contribution in [0.5, 0.6) is 0 Å². The lowest BCUT2D eigenvalue weighted by Crippen LogP contribution is -1.97. The lowest BCUT2D eigenvalue weighted by Gasteiger charge is -2.21. The Morgan fingerprint density at radius 2 is 0.875 bits per heavy atom. The number of fused-ring (bicyclic) bond motifs is 5. The highest BCUT2D eigenvalue weighted by Gasteiger charge is 2.20. The Hall–Kier alpha value is -6.24. The van der Waals surface area contributed by atoms with E-state index in [1.54, 1.807) is 0 Å². The molecule has 0 N–H and O–H groups in total. The molecule has 0 saturated carbocycles. The monoisotopic (exact) mass is 610 g/mol. The van der Waals surface area contributed by atoms with Crippen molar-refractivity contribution >= 4 is 67.4 Å². The molecule has 8 aromatic carbocycles. The van der Waals surface area contributed by atoms with E-state index in [9.17, 15) is 0 Å². The Labute approximate surface area is 281 Å². The van der Waals surface area contributed by atoms with Crippen LogP contribution >= 0.6 is 0 Å². The van der Waals surface area contributed by atoms with Crippen LogP contribution in [0, 0.1) is 0 Å². The molecule has 0 bridgehead atoms. The highest BCUT2D eigenvalue weighted by molar-refractivity contribution is 6.20. The second kappa shape index (κ2) is 11.8. The molecule has 0 heterocycles. The van der Waals surface area contributed by atoms with Crippen LogP contribution in [-0.2, 0) is 0 Å². The maximum atomic E-state index is 4.35. The van der Waals surface area contributed by atoms with E-state index in [-0.39, 0.29) is 0 Å². The first-order valence-corrected chi connectivity index (χ1v) is 16.3. The molecule has 0 fully saturated rings. The first-order chi connectivity index (χ1) is 23.6. The fraction of sp³-hybridized carbons (Fsp3) is 0. The van der Waals surface area contributed by atoms with Crippen LogP contribution in [0.4, 0.5) is 0 Å². The van der Waals surface area contributed by atoms with Gasteiger partial charge in [0.05, 0.1) is 0 Å². The van der Waals surface area contributed by atoms with Gasteiger partial charge in [0, 0.05) is 0 Å². The molecule has 0 nitrogen and oxygen atoms in total. The molecule has 0 saturated heterocycles. The maximum Gasteiger partial charge on any atom is -0.00923 e. The SMILES string of the molecule is C=Cc1c(-c2cc3c(cc(-c4cccc5ccccc45)c4cc(-c5ccccc5)ccc43)c(C=C)c2C=C)cc2ccccc2c1C=C. The van der Waals surface area contributed by atoms with E-state index in [1.807, 2.05) is 24.3 Å². The standard InChI is InChI=1S/C48H34/c1-5-35-36(6-2)43(28-34-20-13-15-23-40(34)35)45-29-48-42-26-25-33(31-17-10-9-11-18-31)27-44(42)47(30-46(48)38(8-4)37(45)7-3)41-24-16-21-32-19-12-14-22-39(32)41/h5-30H,1-4H2. The van der Waals surface area contributed by atoms with Crippen molar-refractivity contribution in [2.24, 2.45) is 0 Å². The molecule has 0 aliphatic carbocycles. The van der Waals surface area contributed by atoms with Crippen LogP contribution in [0.2, 0.25) is 0 Å². The molecule has 8 rings (SSSR count). The fourth-order valence-corrected chi connectivity index (χ4v) is 7.55. The third kappa shape index (κ3) is 4.54. The molecule has 226 valence electrons. The van der Waals surface area contributed by atoms with Crippen molar-refractivity contribution in [2.45, 2.75) is 0 Å². The minimum Gasteiger partial charge on any atom is -0.0984 e. The number of hydrogen-bond donors (Lipinski definition) is 0. The second-order valence-corrected chi connectivity index (χ2v) is 12.2. The normalized spacial score (nSPS) is 11.2. The predicted molar refractivity (Wildman–Crippen MR) is 213 cm³/mol. The van der Waals surface area contributed by atoms with Crippen molar-refractivity contribution < 1.29 is 0 Å². The van der Waals surface area contributed by atoms with E-state index >= 15 is 0 Å². The van der Waals surface area contributed by atoms with Crippen molar-refractivity contribution in [3.8, 4) is 33.4 Å². The summed E-state index contributed by atoms with van der Waals surface area (Å²) in [4.78, 5) is 0. The van der Waals surface area contributed by atoms with Gasteiger partial charge in [0.25, 0.3) is 0 Å². The minimum atomic E-state index is 1.05. The van der Waals surface area contributed by atoms with E-state index in [2.05, 4.69) is 160 Å². The zero-order chi connectivity index (χ0) is 32.8. The summed E-state index contributed by atoms with van der Waals surface area (Å²) in [6.07, 6.45) is 7.87. The van der Waals surface area contributed by atoms with Gasteiger partial charge >= 0.3 is 0 Å². The Morgan fingerprint density at radius 1 is 0.292 bits per heavy atom. The topological polar surface area (TPSA) is 0 Å². The average Bonchev–Trinajstić information content (AvgIpc) is 3.15. The third-order valence-electron chi connectivity index (χ3n) is 9.76. The summed E-state index contributed by atoms with van der Waals surface area (Å²) in [7, 11) is 0. The molecular formula is C48H34. The maximum absolute atomic E-state index is 4.35. The predicted octanol–water partition coefficient (Wildman–Crippen LogP) is 13.9. The summed E-state index contributed by atoms with van der Waals surface area (Å²) < 4.78 is 0. The molecule has 0 aliphatic heterocycles. The third-order valence-corrected chi connectivity index (χ3v) is 9.76. The number of benzene rings is 8. The summed E-state index contributed by atoms with van der Waals surface area (Å²) >= 11 is 0. The molecule has 0 unspecified atom stereocenters. The van der Waals surface area contributed by atoms with Crippen LogP contribution in [-0.4, -0.2) is 0 Å². The quantitative estimate of drug-likeness (QED) is 0.158. The highest BCUT2D eigenvalue weighted by Crippen LogP contribution is 2.45. The molecule has 0 spiro atoms. The molecule has 8 aromatic rings. The summed E-state index contributed by atoms with van der Waals surface area (Å²) in [5.74, 6) is 0. The van der Waals surface area contributed by atoms with Crippen LogP contribution in [0.3, 0.4) is 0 Å². The Balaban J connectivity index is 1.54. The van der Waals surface area contributed by atoms with Crippen LogP contribution in [0.25, 0.3) is 101 Å². The van der Waals surface area contributed by atoms with Gasteiger partial charge in [0.2, 0.25) is 0 Å². The zero-order valence-corrected chi connectivity index (χ0v) is 26.8. The average molecular weight is 611 g/mol. The summed E-state index contributed by atoms with van der Waals surface area (Å²) in [5.41, 5.74) is 11.3. The van der Waals surface area contributed by atoms with Gasteiger partial charge in [0.15, 0.2) is 0 Å². The molecule has 0 amide bonds. The largest absolute Gasteiger partial charge is 0.0984 e. The Bertz CT molecular complexity index is 2610. The van der Waals surface area contributed by atoms with Crippen molar-refractivity contribution in [3.05, 3.63) is 182 Å². The van der Waals surface area contributed by atoms with Gasteiger partial charge in [-0.05, 0) is 123 Å². The van der Waals surface area contributed by atoms with E-state index in [4.69, 9.17) is 0 Å². The molecule has 0 aliphatic rings. The van der Waals surface area contributed by atoms with Gasteiger partial charge in [-0.25, -0.2) is 0 Å². The van der Waals surface area contributed by atoms with Gasteiger partial charge in [-0.15, -0.1) is 0 Å². The minimum absolute atomic E-state index is 1.05. The Morgan fingerprint density at radius 3 is 1.60 bits per heavy atom. The molecule has 0 radical (unpaired) electrons. The van der Waals surface area contributed by atoms with Crippen molar-refractivity contribution in [3.63, 3.8) is 0 Å². The van der Waals surface area contributed by atoms with Crippen LogP contribution in [0.1, 0.15) is 22.3 Å². The van der Waals surface area contributed by atoms with Gasteiger partial charge in [-0.2, -0.15) is 0 Å². The molecule has 48 heavy (non-hydrogen) atoms. The first-order valence-electron chi connectivity index (χ1n) is 16.3. The first kappa shape index (κ1) is 29.2. The van der Waals surface area contributed by atoms with E-state index in [1.165, 1.54) is 49.2 Å².